The van der Waals surface area contributed by atoms with E-state index in [9.17, 15) is 22.7 Å². The van der Waals surface area contributed by atoms with Gasteiger partial charge in [0.1, 0.15) is 5.82 Å². The van der Waals surface area contributed by atoms with Gasteiger partial charge in [-0.15, -0.1) is 11.8 Å². The summed E-state index contributed by atoms with van der Waals surface area (Å²) in [6.45, 7) is 2.58. The number of benzene rings is 1. The second-order valence-corrected chi connectivity index (χ2v) is 10.1. The molecule has 6 nitrogen and oxygen atoms in total. The molecular weight excluding hydrogens is 429 g/mol. The van der Waals surface area contributed by atoms with Gasteiger partial charge in [-0.05, 0) is 63.3 Å². The van der Waals surface area contributed by atoms with Gasteiger partial charge in [0.2, 0.25) is 10.0 Å². The van der Waals surface area contributed by atoms with E-state index in [1.165, 1.54) is 23.9 Å². The van der Waals surface area contributed by atoms with Crippen LogP contribution in [0.5, 0.6) is 0 Å². The normalized spacial score (nSPS) is 12.6. The minimum atomic E-state index is -3.30. The molecule has 2 N–H and O–H groups in total. The van der Waals surface area contributed by atoms with Gasteiger partial charge in [-0.3, -0.25) is 4.79 Å². The van der Waals surface area contributed by atoms with Crippen molar-refractivity contribution >= 4 is 27.8 Å². The van der Waals surface area contributed by atoms with E-state index < -0.39 is 16.1 Å². The highest BCUT2D eigenvalue weighted by molar-refractivity contribution is 7.99. The van der Waals surface area contributed by atoms with E-state index in [0.29, 0.717) is 44.6 Å². The van der Waals surface area contributed by atoms with Crippen LogP contribution in [0, 0.1) is 5.82 Å². The molecule has 0 saturated heterocycles. The first-order valence-corrected chi connectivity index (χ1v) is 13.2. The summed E-state index contributed by atoms with van der Waals surface area (Å²) in [4.78, 5) is 12.1. The molecule has 0 aliphatic rings. The SMILES string of the molecule is CCOC(=O)CCCCCCNS(=O)(=O)CCCCC(O)CSc1ccc(F)cc1. The average molecular weight is 464 g/mol. The number of sulfonamides is 1. The van der Waals surface area contributed by atoms with Gasteiger partial charge < -0.3 is 9.84 Å². The van der Waals surface area contributed by atoms with Crippen LogP contribution in [0.2, 0.25) is 0 Å². The first-order chi connectivity index (χ1) is 14.3. The standard InChI is InChI=1S/C21H34FNO5S2/c1-2-28-21(25)10-5-3-4-7-15-23-30(26,27)16-8-6-9-19(24)17-29-20-13-11-18(22)12-14-20/h11-14,19,23-24H,2-10,15-17H2,1H3. The maximum absolute atomic E-state index is 12.9. The zero-order valence-corrected chi connectivity index (χ0v) is 19.3. The molecule has 30 heavy (non-hydrogen) atoms. The Morgan fingerprint density at radius 3 is 2.53 bits per heavy atom. The van der Waals surface area contributed by atoms with Crippen molar-refractivity contribution in [1.29, 1.82) is 0 Å². The number of rotatable bonds is 17. The number of esters is 1. The number of unbranched alkanes of at least 4 members (excludes halogenated alkanes) is 4. The Bertz CT molecular complexity index is 698. The number of halogens is 1. The fourth-order valence-electron chi connectivity index (χ4n) is 2.76. The van der Waals surface area contributed by atoms with Gasteiger partial charge in [-0.1, -0.05) is 12.8 Å². The highest BCUT2D eigenvalue weighted by Crippen LogP contribution is 2.20. The van der Waals surface area contributed by atoms with Gasteiger partial charge in [0.05, 0.1) is 18.5 Å². The summed E-state index contributed by atoms with van der Waals surface area (Å²) in [6.07, 6.45) is 4.76. The van der Waals surface area contributed by atoms with Crippen molar-refractivity contribution in [3.8, 4) is 0 Å². The molecule has 0 aliphatic heterocycles. The van der Waals surface area contributed by atoms with E-state index in [4.69, 9.17) is 4.74 Å². The third-order valence-corrected chi connectivity index (χ3v) is 7.02. The van der Waals surface area contributed by atoms with Crippen molar-refractivity contribution in [1.82, 2.24) is 4.72 Å². The highest BCUT2D eigenvalue weighted by atomic mass is 32.2. The summed E-state index contributed by atoms with van der Waals surface area (Å²) in [7, 11) is -3.30. The Hall–Kier alpha value is -1.16. The molecule has 1 aromatic rings. The quantitative estimate of drug-likeness (QED) is 0.207. The summed E-state index contributed by atoms with van der Waals surface area (Å²) >= 11 is 1.45. The lowest BCUT2D eigenvalue weighted by Crippen LogP contribution is -2.27. The molecule has 0 fully saturated rings. The molecule has 1 unspecified atom stereocenters. The second-order valence-electron chi connectivity index (χ2n) is 7.10. The van der Waals surface area contributed by atoms with Crippen LogP contribution >= 0.6 is 11.8 Å². The molecule has 0 aromatic heterocycles. The average Bonchev–Trinajstić information content (AvgIpc) is 2.70. The van der Waals surface area contributed by atoms with Crippen LogP contribution in [-0.4, -0.2) is 50.3 Å². The molecule has 0 aliphatic carbocycles. The molecule has 0 heterocycles. The Morgan fingerprint density at radius 2 is 1.83 bits per heavy atom. The van der Waals surface area contributed by atoms with E-state index in [0.717, 1.165) is 30.6 Å². The zero-order chi connectivity index (χ0) is 22.2. The number of aliphatic hydroxyl groups is 1. The summed E-state index contributed by atoms with van der Waals surface area (Å²) in [5, 5.41) is 10.0. The Kier molecular flexibility index (Phi) is 14.0. The Balaban J connectivity index is 2.03. The van der Waals surface area contributed by atoms with Crippen molar-refractivity contribution in [2.75, 3.05) is 24.7 Å². The smallest absolute Gasteiger partial charge is 0.305 e. The van der Waals surface area contributed by atoms with Crippen LogP contribution in [0.4, 0.5) is 4.39 Å². The number of ether oxygens (including phenoxy) is 1. The fraction of sp³-hybridized carbons (Fsp3) is 0.667. The number of thioether (sulfide) groups is 1. The summed E-state index contributed by atoms with van der Waals surface area (Å²) in [5.74, 6) is 0.0709. The summed E-state index contributed by atoms with van der Waals surface area (Å²) in [6, 6.07) is 6.11. The van der Waals surface area contributed by atoms with Gasteiger partial charge in [0, 0.05) is 23.6 Å². The zero-order valence-electron chi connectivity index (χ0n) is 17.6. The highest BCUT2D eigenvalue weighted by Gasteiger charge is 2.11. The van der Waals surface area contributed by atoms with E-state index in [2.05, 4.69) is 4.72 Å². The Labute approximate surface area is 184 Å². The van der Waals surface area contributed by atoms with Gasteiger partial charge in [-0.25, -0.2) is 17.5 Å². The second kappa shape index (κ2) is 15.6. The lowest BCUT2D eigenvalue weighted by atomic mass is 10.1. The monoisotopic (exact) mass is 463 g/mol. The van der Waals surface area contributed by atoms with E-state index in [1.54, 1.807) is 19.1 Å². The van der Waals surface area contributed by atoms with Crippen molar-refractivity contribution in [2.45, 2.75) is 69.3 Å². The van der Waals surface area contributed by atoms with Crippen molar-refractivity contribution in [3.63, 3.8) is 0 Å². The number of hydrogen-bond donors (Lipinski definition) is 2. The van der Waals surface area contributed by atoms with Crippen molar-refractivity contribution < 1.29 is 27.4 Å². The van der Waals surface area contributed by atoms with Gasteiger partial charge in [0.15, 0.2) is 0 Å². The van der Waals surface area contributed by atoms with Crippen molar-refractivity contribution in [2.24, 2.45) is 0 Å². The molecule has 1 atom stereocenters. The molecule has 0 bridgehead atoms. The molecule has 0 spiro atoms. The minimum Gasteiger partial charge on any atom is -0.466 e. The molecule has 0 radical (unpaired) electrons. The number of carbonyl (C=O) groups excluding carboxylic acids is 1. The number of nitrogens with one attached hydrogen (secondary N) is 1. The lowest BCUT2D eigenvalue weighted by Gasteiger charge is -2.11. The fourth-order valence-corrected chi connectivity index (χ4v) is 4.82. The predicted molar refractivity (Wildman–Crippen MR) is 118 cm³/mol. The first kappa shape index (κ1) is 26.9. The van der Waals surface area contributed by atoms with Crippen LogP contribution in [0.1, 0.15) is 58.3 Å². The number of carbonyl (C=O) groups is 1. The van der Waals surface area contributed by atoms with Crippen LogP contribution in [0.15, 0.2) is 29.2 Å². The maximum atomic E-state index is 12.9. The largest absolute Gasteiger partial charge is 0.466 e. The van der Waals surface area contributed by atoms with Crippen LogP contribution < -0.4 is 4.72 Å². The Morgan fingerprint density at radius 1 is 1.13 bits per heavy atom. The molecule has 0 amide bonds. The van der Waals surface area contributed by atoms with E-state index in [-0.39, 0.29) is 17.5 Å². The summed E-state index contributed by atoms with van der Waals surface area (Å²) in [5.41, 5.74) is 0. The lowest BCUT2D eigenvalue weighted by molar-refractivity contribution is -0.143. The minimum absolute atomic E-state index is 0.0493. The van der Waals surface area contributed by atoms with Crippen LogP contribution in [0.3, 0.4) is 0 Å². The van der Waals surface area contributed by atoms with Gasteiger partial charge in [-0.2, -0.15) is 0 Å². The van der Waals surface area contributed by atoms with Gasteiger partial charge in [0.25, 0.3) is 0 Å². The topological polar surface area (TPSA) is 92.7 Å². The van der Waals surface area contributed by atoms with E-state index in [1.807, 2.05) is 0 Å². The first-order valence-electron chi connectivity index (χ1n) is 10.5. The summed E-state index contributed by atoms with van der Waals surface area (Å²) < 4.78 is 44.3. The predicted octanol–water partition coefficient (Wildman–Crippen LogP) is 3.88. The molecule has 1 rings (SSSR count). The van der Waals surface area contributed by atoms with E-state index >= 15 is 0 Å². The van der Waals surface area contributed by atoms with Crippen LogP contribution in [0.25, 0.3) is 0 Å². The molecule has 0 saturated carbocycles. The maximum Gasteiger partial charge on any atom is 0.305 e. The van der Waals surface area contributed by atoms with Gasteiger partial charge >= 0.3 is 5.97 Å². The third kappa shape index (κ3) is 14.0. The molecular formula is C21H34FNO5S2. The van der Waals surface area contributed by atoms with Crippen LogP contribution in [-0.2, 0) is 19.6 Å². The third-order valence-electron chi connectivity index (χ3n) is 4.39. The number of hydrogen-bond acceptors (Lipinski definition) is 6. The van der Waals surface area contributed by atoms with Crippen molar-refractivity contribution in [3.05, 3.63) is 30.1 Å². The molecule has 9 heteroatoms. The molecule has 1 aromatic carbocycles. The number of aliphatic hydroxyl groups excluding tert-OH is 1. The molecule has 172 valence electrons.